The van der Waals surface area contributed by atoms with Gasteiger partial charge in [-0.25, -0.2) is 4.79 Å². The first-order valence-electron chi connectivity index (χ1n) is 9.37. The van der Waals surface area contributed by atoms with Gasteiger partial charge in [-0.15, -0.1) is 0 Å². The summed E-state index contributed by atoms with van der Waals surface area (Å²) in [6.45, 7) is 6.38. The predicted octanol–water partition coefficient (Wildman–Crippen LogP) is 1.63. The van der Waals surface area contributed by atoms with Gasteiger partial charge in [0.25, 0.3) is 5.78 Å². The summed E-state index contributed by atoms with van der Waals surface area (Å²) in [4.78, 5) is 49.9. The van der Waals surface area contributed by atoms with E-state index in [9.17, 15) is 32.3 Å². The van der Waals surface area contributed by atoms with Crippen molar-refractivity contribution in [3.05, 3.63) is 0 Å². The zero-order chi connectivity index (χ0) is 22.5. The number of nitrogens with one attached hydrogen (secondary N) is 2. The molecule has 3 atom stereocenters. The molecule has 2 N–H and O–H groups in total. The molecular formula is C18H28F3N3O5. The molecule has 0 saturated carbocycles. The molecule has 1 fully saturated rings. The number of carbonyl (C=O) groups is 4. The Morgan fingerprint density at radius 2 is 1.55 bits per heavy atom. The highest BCUT2D eigenvalue weighted by molar-refractivity contribution is 5.96. The van der Waals surface area contributed by atoms with E-state index in [-0.39, 0.29) is 18.9 Å². The number of Topliss-reactive ketones (excluding diaryl/α,β-unsaturated/α-hetero) is 1. The molecule has 1 heterocycles. The van der Waals surface area contributed by atoms with E-state index in [0.29, 0.717) is 6.42 Å². The number of ketones is 1. The summed E-state index contributed by atoms with van der Waals surface area (Å²) < 4.78 is 43.0. The normalized spacial score (nSPS) is 19.1. The molecule has 0 radical (unpaired) electrons. The number of likely N-dealkylation sites (tertiary alicyclic amines) is 1. The van der Waals surface area contributed by atoms with Crippen molar-refractivity contribution in [3.8, 4) is 0 Å². The molecule has 0 aliphatic carbocycles. The molecule has 1 aliphatic heterocycles. The van der Waals surface area contributed by atoms with Crippen molar-refractivity contribution in [1.82, 2.24) is 15.5 Å². The maximum Gasteiger partial charge on any atom is 0.452 e. The Hall–Kier alpha value is -2.33. The lowest BCUT2D eigenvalue weighted by atomic mass is 9.98. The molecule has 11 heteroatoms. The number of rotatable bonds is 7. The van der Waals surface area contributed by atoms with Gasteiger partial charge in [-0.1, -0.05) is 27.7 Å². The van der Waals surface area contributed by atoms with Crippen LogP contribution in [0.25, 0.3) is 0 Å². The highest BCUT2D eigenvalue weighted by Gasteiger charge is 2.46. The molecule has 1 saturated heterocycles. The van der Waals surface area contributed by atoms with E-state index in [1.54, 1.807) is 13.8 Å². The van der Waals surface area contributed by atoms with Gasteiger partial charge in [0.05, 0.1) is 13.2 Å². The molecule has 1 rings (SSSR count). The van der Waals surface area contributed by atoms with Crippen LogP contribution in [0.3, 0.4) is 0 Å². The Bertz CT molecular complexity index is 637. The number of halogens is 3. The monoisotopic (exact) mass is 423 g/mol. The second-order valence-corrected chi connectivity index (χ2v) is 7.64. The fourth-order valence-electron chi connectivity index (χ4n) is 3.14. The van der Waals surface area contributed by atoms with Gasteiger partial charge in [0.1, 0.15) is 12.1 Å². The molecule has 2 unspecified atom stereocenters. The molecule has 0 spiro atoms. The predicted molar refractivity (Wildman–Crippen MR) is 96.7 cm³/mol. The van der Waals surface area contributed by atoms with Crippen LogP contribution in [0.5, 0.6) is 0 Å². The summed E-state index contributed by atoms with van der Waals surface area (Å²) >= 11 is 0. The Morgan fingerprint density at radius 3 is 2.00 bits per heavy atom. The fourth-order valence-corrected chi connectivity index (χ4v) is 3.14. The van der Waals surface area contributed by atoms with Gasteiger partial charge < -0.3 is 20.3 Å². The summed E-state index contributed by atoms with van der Waals surface area (Å²) in [7, 11) is 1.15. The van der Waals surface area contributed by atoms with Crippen LogP contribution in [0.4, 0.5) is 18.0 Å². The first-order chi connectivity index (χ1) is 13.3. The molecule has 0 bridgehead atoms. The van der Waals surface area contributed by atoms with Gasteiger partial charge in [-0.05, 0) is 24.7 Å². The number of ether oxygens (including phenoxy) is 1. The highest BCUT2D eigenvalue weighted by atomic mass is 19.4. The van der Waals surface area contributed by atoms with E-state index >= 15 is 0 Å². The van der Waals surface area contributed by atoms with Gasteiger partial charge in [0, 0.05) is 6.54 Å². The van der Waals surface area contributed by atoms with E-state index in [4.69, 9.17) is 0 Å². The number of carbonyl (C=O) groups excluding carboxylic acids is 4. The van der Waals surface area contributed by atoms with Crippen molar-refractivity contribution in [2.24, 2.45) is 11.8 Å². The lowest BCUT2D eigenvalue weighted by molar-refractivity contribution is -0.175. The largest absolute Gasteiger partial charge is 0.453 e. The zero-order valence-corrected chi connectivity index (χ0v) is 17.1. The van der Waals surface area contributed by atoms with Crippen molar-refractivity contribution in [2.75, 3.05) is 13.7 Å². The Morgan fingerprint density at radius 1 is 1.00 bits per heavy atom. The molecule has 1 aliphatic rings. The van der Waals surface area contributed by atoms with Crippen molar-refractivity contribution in [1.29, 1.82) is 0 Å². The number of amides is 3. The van der Waals surface area contributed by atoms with Gasteiger partial charge >= 0.3 is 12.3 Å². The van der Waals surface area contributed by atoms with Crippen LogP contribution in [0, 0.1) is 11.8 Å². The molecule has 0 aromatic rings. The first kappa shape index (κ1) is 24.7. The van der Waals surface area contributed by atoms with Crippen LogP contribution in [-0.4, -0.2) is 66.5 Å². The summed E-state index contributed by atoms with van der Waals surface area (Å²) in [5, 5.41) is 4.57. The van der Waals surface area contributed by atoms with E-state index in [1.165, 1.54) is 18.7 Å². The van der Waals surface area contributed by atoms with Crippen LogP contribution in [0.15, 0.2) is 0 Å². The molecule has 166 valence electrons. The van der Waals surface area contributed by atoms with E-state index in [2.05, 4.69) is 15.4 Å². The Labute approximate surface area is 167 Å². The first-order valence-corrected chi connectivity index (χ1v) is 9.37. The van der Waals surface area contributed by atoms with E-state index in [1.807, 2.05) is 0 Å². The SMILES string of the molecule is COC(=O)NC(C(=O)N1CCCC1C(=O)N[C@H](C(=O)C(F)(F)F)C(C)C)C(C)C. The van der Waals surface area contributed by atoms with Crippen molar-refractivity contribution in [2.45, 2.75) is 64.8 Å². The van der Waals surface area contributed by atoms with Crippen LogP contribution in [-0.2, 0) is 19.1 Å². The topological polar surface area (TPSA) is 105 Å². The smallest absolute Gasteiger partial charge is 0.452 e. The number of alkyl halides is 3. The van der Waals surface area contributed by atoms with Crippen molar-refractivity contribution >= 4 is 23.7 Å². The van der Waals surface area contributed by atoms with Gasteiger partial charge in [-0.3, -0.25) is 14.4 Å². The number of nitrogens with zero attached hydrogens (tertiary/aromatic N) is 1. The molecule has 0 aromatic heterocycles. The van der Waals surface area contributed by atoms with Gasteiger partial charge in [0.15, 0.2) is 0 Å². The van der Waals surface area contributed by atoms with Crippen LogP contribution >= 0.6 is 0 Å². The average molecular weight is 423 g/mol. The summed E-state index contributed by atoms with van der Waals surface area (Å²) in [6, 6.07) is -3.73. The number of hydrogen-bond acceptors (Lipinski definition) is 5. The number of methoxy groups -OCH3 is 1. The Kier molecular flexibility index (Phi) is 8.46. The van der Waals surface area contributed by atoms with E-state index in [0.717, 1.165) is 7.11 Å². The lowest BCUT2D eigenvalue weighted by Gasteiger charge is -2.31. The summed E-state index contributed by atoms with van der Waals surface area (Å²) in [5.41, 5.74) is 0. The van der Waals surface area contributed by atoms with E-state index < -0.39 is 53.9 Å². The number of hydrogen-bond donors (Lipinski definition) is 2. The van der Waals surface area contributed by atoms with Crippen molar-refractivity contribution < 1.29 is 37.1 Å². The van der Waals surface area contributed by atoms with Gasteiger partial charge in [0.2, 0.25) is 11.8 Å². The molecule has 3 amide bonds. The second-order valence-electron chi connectivity index (χ2n) is 7.64. The van der Waals surface area contributed by atoms with Crippen LogP contribution in [0.1, 0.15) is 40.5 Å². The third kappa shape index (κ3) is 6.33. The summed E-state index contributed by atoms with van der Waals surface area (Å²) in [5.74, 6) is -4.51. The van der Waals surface area contributed by atoms with Crippen molar-refractivity contribution in [3.63, 3.8) is 0 Å². The number of alkyl carbamates (subject to hydrolysis) is 1. The Balaban J connectivity index is 2.99. The van der Waals surface area contributed by atoms with Gasteiger partial charge in [-0.2, -0.15) is 13.2 Å². The zero-order valence-electron chi connectivity index (χ0n) is 17.1. The second kappa shape index (κ2) is 9.93. The molecule has 29 heavy (non-hydrogen) atoms. The highest BCUT2D eigenvalue weighted by Crippen LogP contribution is 2.24. The quantitative estimate of drug-likeness (QED) is 0.648. The summed E-state index contributed by atoms with van der Waals surface area (Å²) in [6.07, 6.45) is -5.19. The third-order valence-electron chi connectivity index (χ3n) is 4.76. The maximum absolute atomic E-state index is 12.9. The maximum atomic E-state index is 12.9. The fraction of sp³-hybridized carbons (Fsp3) is 0.778. The minimum absolute atomic E-state index is 0.211. The van der Waals surface area contributed by atoms with Crippen LogP contribution in [0.2, 0.25) is 0 Å². The minimum Gasteiger partial charge on any atom is -0.453 e. The molecular weight excluding hydrogens is 395 g/mol. The third-order valence-corrected chi connectivity index (χ3v) is 4.76. The lowest BCUT2D eigenvalue weighted by Crippen LogP contribution is -2.58. The average Bonchev–Trinajstić information content (AvgIpc) is 3.11. The van der Waals surface area contributed by atoms with Crippen LogP contribution < -0.4 is 10.6 Å². The molecule has 8 nitrogen and oxygen atoms in total. The standard InChI is InChI=1S/C18H28F3N3O5/c1-9(2)12(14(25)18(19,20)21)22-15(26)11-7-6-8-24(11)16(27)13(10(3)4)23-17(28)29-5/h9-13H,6-8H2,1-5H3,(H,22,26)(H,23,28)/t11?,12-,13?/m0/s1. The minimum atomic E-state index is -5.08. The molecule has 0 aromatic carbocycles.